The zero-order chi connectivity index (χ0) is 18.5. The number of carbonyl (C=O) groups is 1. The van der Waals surface area contributed by atoms with Gasteiger partial charge in [0.05, 0.1) is 25.1 Å². The highest BCUT2D eigenvalue weighted by atomic mass is 35.5. The molecule has 3 rings (SSSR count). The predicted octanol–water partition coefficient (Wildman–Crippen LogP) is 4.20. The molecule has 2 aromatic rings. The summed E-state index contributed by atoms with van der Waals surface area (Å²) in [4.78, 5) is 14.1. The maximum atomic E-state index is 12.4. The number of methoxy groups -OCH3 is 1. The van der Waals surface area contributed by atoms with E-state index in [1.807, 2.05) is 43.3 Å². The molecule has 0 spiro atoms. The number of hydrogen-bond donors (Lipinski definition) is 0. The summed E-state index contributed by atoms with van der Waals surface area (Å²) in [7, 11) is 1.63. The Hall–Kier alpha value is -2.31. The van der Waals surface area contributed by atoms with Crippen LogP contribution in [0.25, 0.3) is 0 Å². The quantitative estimate of drug-likeness (QED) is 0.570. The maximum absolute atomic E-state index is 12.4. The number of rotatable bonds is 5. The third kappa shape index (κ3) is 4.45. The molecule has 1 heterocycles. The third-order valence-electron chi connectivity index (χ3n) is 3.85. The highest BCUT2D eigenvalue weighted by Gasteiger charge is 2.35. The van der Waals surface area contributed by atoms with E-state index in [1.54, 1.807) is 30.4 Å². The summed E-state index contributed by atoms with van der Waals surface area (Å²) in [5, 5.41) is 9.48. The topological polar surface area (TPSA) is 54.3 Å². The number of thioether (sulfide) groups is 1. The highest BCUT2D eigenvalue weighted by Crippen LogP contribution is 2.28. The molecular formula is C19H18ClN3O2S. The van der Waals surface area contributed by atoms with Crippen LogP contribution in [-0.4, -0.2) is 34.5 Å². The van der Waals surface area contributed by atoms with Crippen LogP contribution >= 0.6 is 23.4 Å². The van der Waals surface area contributed by atoms with Crippen molar-refractivity contribution in [3.8, 4) is 5.75 Å². The van der Waals surface area contributed by atoms with Crippen molar-refractivity contribution in [1.82, 2.24) is 4.90 Å². The van der Waals surface area contributed by atoms with Crippen LogP contribution in [0.2, 0.25) is 5.02 Å². The van der Waals surface area contributed by atoms with Crippen LogP contribution in [-0.2, 0) is 11.3 Å². The Morgan fingerprint density at radius 2 is 1.88 bits per heavy atom. The number of amidine groups is 1. The van der Waals surface area contributed by atoms with Gasteiger partial charge in [-0.1, -0.05) is 47.6 Å². The van der Waals surface area contributed by atoms with Gasteiger partial charge in [-0.2, -0.15) is 5.10 Å². The summed E-state index contributed by atoms with van der Waals surface area (Å²) in [6.45, 7) is 2.33. The smallest absolute Gasteiger partial charge is 0.242 e. The average Bonchev–Trinajstić information content (AvgIpc) is 2.92. The highest BCUT2D eigenvalue weighted by molar-refractivity contribution is 8.15. The summed E-state index contributed by atoms with van der Waals surface area (Å²) in [5.74, 6) is 0.817. The number of nitrogens with zero attached hydrogens (tertiary/aromatic N) is 3. The van der Waals surface area contributed by atoms with E-state index in [4.69, 9.17) is 16.3 Å². The first-order chi connectivity index (χ1) is 12.6. The second-order valence-electron chi connectivity index (χ2n) is 5.71. The number of carbonyl (C=O) groups excluding carboxylic acids is 1. The molecule has 0 saturated carbocycles. The van der Waals surface area contributed by atoms with Gasteiger partial charge in [0.1, 0.15) is 5.75 Å². The summed E-state index contributed by atoms with van der Waals surface area (Å²) < 4.78 is 5.17. The van der Waals surface area contributed by atoms with Crippen LogP contribution in [0.15, 0.2) is 58.7 Å². The van der Waals surface area contributed by atoms with Crippen molar-refractivity contribution in [2.45, 2.75) is 18.7 Å². The van der Waals surface area contributed by atoms with E-state index in [0.717, 1.165) is 16.9 Å². The minimum atomic E-state index is -0.169. The molecule has 7 heteroatoms. The van der Waals surface area contributed by atoms with Gasteiger partial charge in [0, 0.05) is 5.02 Å². The molecule has 0 aliphatic carbocycles. The Labute approximate surface area is 161 Å². The van der Waals surface area contributed by atoms with Gasteiger partial charge >= 0.3 is 0 Å². The zero-order valence-corrected chi connectivity index (χ0v) is 16.0. The van der Waals surface area contributed by atoms with Crippen LogP contribution in [0.3, 0.4) is 0 Å². The van der Waals surface area contributed by atoms with E-state index in [0.29, 0.717) is 16.7 Å². The van der Waals surface area contributed by atoms with E-state index < -0.39 is 0 Å². The number of ether oxygens (including phenoxy) is 1. The van der Waals surface area contributed by atoms with Crippen LogP contribution < -0.4 is 4.74 Å². The fourth-order valence-corrected chi connectivity index (χ4v) is 3.46. The van der Waals surface area contributed by atoms with Gasteiger partial charge in [-0.25, -0.2) is 0 Å². The summed E-state index contributed by atoms with van der Waals surface area (Å²) in [6, 6.07) is 14.9. The van der Waals surface area contributed by atoms with Crippen molar-refractivity contribution in [2.24, 2.45) is 10.2 Å². The number of hydrogen-bond acceptors (Lipinski definition) is 5. The Morgan fingerprint density at radius 3 is 2.54 bits per heavy atom. The monoisotopic (exact) mass is 387 g/mol. The summed E-state index contributed by atoms with van der Waals surface area (Å²) in [6.07, 6.45) is 1.64. The first-order valence-corrected chi connectivity index (χ1v) is 9.30. The van der Waals surface area contributed by atoms with E-state index >= 15 is 0 Å². The van der Waals surface area contributed by atoms with Crippen LogP contribution in [0.1, 0.15) is 18.1 Å². The zero-order valence-electron chi connectivity index (χ0n) is 14.4. The largest absolute Gasteiger partial charge is 0.497 e. The van der Waals surface area contributed by atoms with E-state index in [2.05, 4.69) is 10.2 Å². The SMILES string of the molecule is COc1ccc(CN2C(=O)[C@H](C)S/C2=N\N=C/c2ccc(Cl)cc2)cc1. The van der Waals surface area contributed by atoms with Crippen molar-refractivity contribution in [2.75, 3.05) is 7.11 Å². The number of halogens is 1. The lowest BCUT2D eigenvalue weighted by Crippen LogP contribution is -2.30. The van der Waals surface area contributed by atoms with Gasteiger partial charge in [-0.3, -0.25) is 9.69 Å². The molecule has 2 aromatic carbocycles. The van der Waals surface area contributed by atoms with Crippen LogP contribution in [0.4, 0.5) is 0 Å². The van der Waals surface area contributed by atoms with Gasteiger partial charge in [0.15, 0.2) is 5.17 Å². The summed E-state index contributed by atoms with van der Waals surface area (Å²) in [5.41, 5.74) is 1.89. The molecular weight excluding hydrogens is 370 g/mol. The third-order valence-corrected chi connectivity index (χ3v) is 5.17. The first-order valence-electron chi connectivity index (χ1n) is 8.04. The lowest BCUT2D eigenvalue weighted by Gasteiger charge is -2.15. The Balaban J connectivity index is 1.75. The summed E-state index contributed by atoms with van der Waals surface area (Å²) >= 11 is 7.28. The van der Waals surface area contributed by atoms with Crippen LogP contribution in [0, 0.1) is 0 Å². The molecule has 1 amide bonds. The standard InChI is InChI=1S/C19H18ClN3O2S/c1-13-18(24)23(12-15-5-9-17(25-2)10-6-15)19(26-13)22-21-11-14-3-7-16(20)8-4-14/h3-11,13H,12H2,1-2H3/b21-11-,22-19-/t13-/m0/s1. The fraction of sp³-hybridized carbons (Fsp3) is 0.211. The number of benzene rings is 2. The molecule has 0 aromatic heterocycles. The molecule has 1 fully saturated rings. The van der Waals surface area contributed by atoms with Gasteiger partial charge in [-0.05, 0) is 42.3 Å². The Kier molecular flexibility index (Phi) is 5.96. The predicted molar refractivity (Wildman–Crippen MR) is 107 cm³/mol. The van der Waals surface area contributed by atoms with Crippen molar-refractivity contribution in [3.05, 3.63) is 64.7 Å². The minimum Gasteiger partial charge on any atom is -0.497 e. The molecule has 1 aliphatic rings. The van der Waals surface area contributed by atoms with Crippen molar-refractivity contribution in [1.29, 1.82) is 0 Å². The Bertz CT molecular complexity index is 835. The lowest BCUT2D eigenvalue weighted by molar-refractivity contribution is -0.126. The van der Waals surface area contributed by atoms with Gasteiger partial charge < -0.3 is 4.74 Å². The Morgan fingerprint density at radius 1 is 1.19 bits per heavy atom. The minimum absolute atomic E-state index is 0.0336. The normalized spacial score (nSPS) is 18.9. The molecule has 0 N–H and O–H groups in total. The van der Waals surface area contributed by atoms with Gasteiger partial charge in [0.2, 0.25) is 5.91 Å². The lowest BCUT2D eigenvalue weighted by atomic mass is 10.2. The van der Waals surface area contributed by atoms with Crippen molar-refractivity contribution < 1.29 is 9.53 Å². The van der Waals surface area contributed by atoms with Crippen LogP contribution in [0.5, 0.6) is 5.75 Å². The van der Waals surface area contributed by atoms with E-state index in [9.17, 15) is 4.79 Å². The molecule has 0 radical (unpaired) electrons. The van der Waals surface area contributed by atoms with Crippen molar-refractivity contribution >= 4 is 40.7 Å². The first kappa shape index (κ1) is 18.5. The molecule has 0 unspecified atom stereocenters. The molecule has 134 valence electrons. The molecule has 0 bridgehead atoms. The van der Waals surface area contributed by atoms with E-state index in [1.165, 1.54) is 11.8 Å². The molecule has 26 heavy (non-hydrogen) atoms. The molecule has 5 nitrogen and oxygen atoms in total. The molecule has 1 atom stereocenters. The molecule has 1 aliphatic heterocycles. The maximum Gasteiger partial charge on any atom is 0.242 e. The molecule has 1 saturated heterocycles. The second-order valence-corrected chi connectivity index (χ2v) is 7.46. The van der Waals surface area contributed by atoms with Gasteiger partial charge in [-0.15, -0.1) is 5.10 Å². The van der Waals surface area contributed by atoms with E-state index in [-0.39, 0.29) is 11.2 Å². The second kappa shape index (κ2) is 8.38. The number of amides is 1. The fourth-order valence-electron chi connectivity index (χ4n) is 2.42. The van der Waals surface area contributed by atoms with Gasteiger partial charge in [0.25, 0.3) is 0 Å². The average molecular weight is 388 g/mol. The van der Waals surface area contributed by atoms with Crippen molar-refractivity contribution in [3.63, 3.8) is 0 Å².